The number of rotatable bonds is 4. The van der Waals surface area contributed by atoms with Crippen molar-refractivity contribution in [1.82, 2.24) is 0 Å². The largest absolute Gasteiger partial charge is 0.497 e. The maximum atomic E-state index is 14.3. The van der Waals surface area contributed by atoms with Crippen LogP contribution in [0, 0.1) is 16.7 Å². The number of fused-ring (bicyclic) bond motifs is 3. The average molecular weight is 493 g/mol. The highest BCUT2D eigenvalue weighted by molar-refractivity contribution is 7.92. The summed E-state index contributed by atoms with van der Waals surface area (Å²) in [5, 5.41) is -0.639. The van der Waals surface area contributed by atoms with Crippen LogP contribution in [-0.4, -0.2) is 32.3 Å². The molecule has 0 aromatic heterocycles. The smallest absolute Gasteiger partial charge is 0.303 e. The van der Waals surface area contributed by atoms with E-state index in [0.717, 1.165) is 31.4 Å². The number of methoxy groups -OCH3 is 1. The molecule has 0 amide bonds. The standard InChI is InChI=1S/C29H32O5S/c1-19(30)34-28-15-16-29(26(18-28)35(31,32)22-7-5-4-6-8-22)25-12-9-20-17-21(33-3)10-11-23(20)24(25)13-14-27(28,29)2/h4-8,10-11,15-17,24-26H,9,12-14,18H2,1-3H3/t24-,25+,26-,27-,28+,29+/m1/s1. The molecule has 6 heteroatoms. The van der Waals surface area contributed by atoms with Crippen molar-refractivity contribution < 1.29 is 22.7 Å². The molecule has 2 saturated carbocycles. The van der Waals surface area contributed by atoms with Crippen molar-refractivity contribution in [1.29, 1.82) is 0 Å². The SMILES string of the molecule is COc1ccc2c(c1)CC[C@H]1[C@@H]2CC[C@@]2(C)[C@@]13C=C[C@]2(OC(C)=O)C[C@H]3S(=O)(=O)c1ccccc1. The first-order valence-electron chi connectivity index (χ1n) is 12.5. The average Bonchev–Trinajstić information content (AvgIpc) is 3.24. The number of hydrogen-bond acceptors (Lipinski definition) is 5. The molecule has 2 fully saturated rings. The summed E-state index contributed by atoms with van der Waals surface area (Å²) in [4.78, 5) is 12.7. The zero-order valence-corrected chi connectivity index (χ0v) is 21.3. The van der Waals surface area contributed by atoms with Gasteiger partial charge in [0.25, 0.3) is 0 Å². The number of carbonyl (C=O) groups excluding carboxylic acids is 1. The molecule has 0 heterocycles. The Morgan fingerprint density at radius 3 is 2.54 bits per heavy atom. The van der Waals surface area contributed by atoms with E-state index in [9.17, 15) is 13.2 Å². The number of carbonyl (C=O) groups is 1. The summed E-state index contributed by atoms with van der Waals surface area (Å²) in [7, 11) is -1.97. The molecule has 0 radical (unpaired) electrons. The molecule has 184 valence electrons. The van der Waals surface area contributed by atoms with Gasteiger partial charge in [-0.25, -0.2) is 8.42 Å². The van der Waals surface area contributed by atoms with E-state index in [-0.39, 0.29) is 17.8 Å². The lowest BCUT2D eigenvalue weighted by Crippen LogP contribution is -2.56. The van der Waals surface area contributed by atoms with E-state index in [1.54, 1.807) is 31.4 Å². The van der Waals surface area contributed by atoms with Crippen LogP contribution in [0.5, 0.6) is 5.75 Å². The predicted octanol–water partition coefficient (Wildman–Crippen LogP) is 5.25. The van der Waals surface area contributed by atoms with Gasteiger partial charge in [0.1, 0.15) is 11.4 Å². The lowest BCUT2D eigenvalue weighted by molar-refractivity contribution is -0.168. The van der Waals surface area contributed by atoms with Crippen molar-refractivity contribution >= 4 is 15.8 Å². The van der Waals surface area contributed by atoms with Crippen LogP contribution in [-0.2, 0) is 25.8 Å². The molecule has 0 saturated heterocycles. The molecule has 0 spiro atoms. The van der Waals surface area contributed by atoms with Crippen molar-refractivity contribution in [3.8, 4) is 5.75 Å². The highest BCUT2D eigenvalue weighted by Crippen LogP contribution is 2.77. The molecule has 2 bridgehead atoms. The molecule has 0 aliphatic heterocycles. The molecular weight excluding hydrogens is 460 g/mol. The van der Waals surface area contributed by atoms with Crippen LogP contribution in [0.2, 0.25) is 0 Å². The van der Waals surface area contributed by atoms with Crippen molar-refractivity contribution in [2.75, 3.05) is 7.11 Å². The zero-order chi connectivity index (χ0) is 24.6. The van der Waals surface area contributed by atoms with E-state index in [2.05, 4.69) is 25.1 Å². The molecule has 2 aromatic rings. The normalized spacial score (nSPS) is 36.7. The van der Waals surface area contributed by atoms with Gasteiger partial charge in [-0.3, -0.25) is 4.79 Å². The number of benzene rings is 2. The van der Waals surface area contributed by atoms with Crippen LogP contribution in [0.4, 0.5) is 0 Å². The summed E-state index contributed by atoms with van der Waals surface area (Å²) < 4.78 is 40.1. The van der Waals surface area contributed by atoms with Gasteiger partial charge in [0.15, 0.2) is 9.84 Å². The second-order valence-corrected chi connectivity index (χ2v) is 13.1. The first-order chi connectivity index (χ1) is 16.7. The molecule has 4 aliphatic carbocycles. The molecule has 35 heavy (non-hydrogen) atoms. The summed E-state index contributed by atoms with van der Waals surface area (Å²) in [5.41, 5.74) is 0.663. The number of aryl methyl sites for hydroxylation is 1. The van der Waals surface area contributed by atoms with Gasteiger partial charge in [0, 0.05) is 24.2 Å². The minimum absolute atomic E-state index is 0.154. The predicted molar refractivity (Wildman–Crippen MR) is 133 cm³/mol. The number of esters is 1. The first kappa shape index (κ1) is 22.8. The zero-order valence-electron chi connectivity index (χ0n) is 20.5. The van der Waals surface area contributed by atoms with Crippen molar-refractivity contribution in [2.45, 2.75) is 67.6 Å². The quantitative estimate of drug-likeness (QED) is 0.431. The fourth-order valence-corrected chi connectivity index (χ4v) is 10.7. The molecule has 0 N–H and O–H groups in total. The molecule has 0 unspecified atom stereocenters. The Bertz CT molecular complexity index is 1330. The van der Waals surface area contributed by atoms with Crippen LogP contribution in [0.15, 0.2) is 65.6 Å². The summed E-state index contributed by atoms with van der Waals surface area (Å²) in [6, 6.07) is 15.1. The number of ether oxygens (including phenoxy) is 2. The van der Waals surface area contributed by atoms with Gasteiger partial charge in [0.2, 0.25) is 0 Å². The lowest BCUT2D eigenvalue weighted by Gasteiger charge is -2.57. The van der Waals surface area contributed by atoms with Gasteiger partial charge in [0.05, 0.1) is 17.3 Å². The van der Waals surface area contributed by atoms with E-state index < -0.39 is 31.5 Å². The third-order valence-corrected chi connectivity index (χ3v) is 12.1. The molecule has 5 nitrogen and oxygen atoms in total. The molecule has 6 atom stereocenters. The Hall–Kier alpha value is -2.60. The fraction of sp³-hybridized carbons (Fsp3) is 0.483. The third-order valence-electron chi connectivity index (χ3n) is 9.84. The Kier molecular flexibility index (Phi) is 4.86. The summed E-state index contributed by atoms with van der Waals surface area (Å²) in [6.45, 7) is 3.61. The first-order valence-corrected chi connectivity index (χ1v) is 14.1. The van der Waals surface area contributed by atoms with Crippen LogP contribution in [0.1, 0.15) is 56.6 Å². The summed E-state index contributed by atoms with van der Waals surface area (Å²) >= 11 is 0. The highest BCUT2D eigenvalue weighted by atomic mass is 32.2. The second kappa shape index (κ2) is 7.45. The Morgan fingerprint density at radius 2 is 1.83 bits per heavy atom. The minimum Gasteiger partial charge on any atom is -0.497 e. The Labute approximate surface area is 207 Å². The Morgan fingerprint density at radius 1 is 1.06 bits per heavy atom. The molecule has 2 aromatic carbocycles. The van der Waals surface area contributed by atoms with Gasteiger partial charge >= 0.3 is 5.97 Å². The van der Waals surface area contributed by atoms with Crippen LogP contribution >= 0.6 is 0 Å². The summed E-state index contributed by atoms with van der Waals surface area (Å²) in [5.74, 6) is 0.928. The van der Waals surface area contributed by atoms with Crippen molar-refractivity contribution in [2.24, 2.45) is 16.7 Å². The van der Waals surface area contributed by atoms with Crippen LogP contribution < -0.4 is 4.74 Å². The highest BCUT2D eigenvalue weighted by Gasteiger charge is 2.79. The van der Waals surface area contributed by atoms with Gasteiger partial charge in [-0.1, -0.05) is 37.3 Å². The van der Waals surface area contributed by atoms with E-state index in [1.165, 1.54) is 18.1 Å². The minimum atomic E-state index is -3.66. The number of hydrogen-bond donors (Lipinski definition) is 0. The molecule has 6 rings (SSSR count). The van der Waals surface area contributed by atoms with E-state index in [4.69, 9.17) is 9.47 Å². The van der Waals surface area contributed by atoms with Gasteiger partial charge in [-0.15, -0.1) is 0 Å². The Balaban J connectivity index is 1.53. The molecule has 4 aliphatic rings. The maximum Gasteiger partial charge on any atom is 0.303 e. The number of allylic oxidation sites excluding steroid dienone is 1. The van der Waals surface area contributed by atoms with Crippen molar-refractivity contribution in [3.63, 3.8) is 0 Å². The van der Waals surface area contributed by atoms with Crippen LogP contribution in [0.25, 0.3) is 0 Å². The third kappa shape index (κ3) is 2.80. The maximum absolute atomic E-state index is 14.3. The van der Waals surface area contributed by atoms with Crippen molar-refractivity contribution in [3.05, 3.63) is 71.8 Å². The summed E-state index contributed by atoms with van der Waals surface area (Å²) in [6.07, 6.45) is 8.05. The van der Waals surface area contributed by atoms with E-state index >= 15 is 0 Å². The van der Waals surface area contributed by atoms with E-state index in [0.29, 0.717) is 11.3 Å². The van der Waals surface area contributed by atoms with E-state index in [1.807, 2.05) is 18.2 Å². The van der Waals surface area contributed by atoms with Gasteiger partial charge < -0.3 is 9.47 Å². The lowest BCUT2D eigenvalue weighted by atomic mass is 9.48. The number of sulfone groups is 1. The van der Waals surface area contributed by atoms with Crippen LogP contribution in [0.3, 0.4) is 0 Å². The van der Waals surface area contributed by atoms with Gasteiger partial charge in [-0.2, -0.15) is 0 Å². The second-order valence-electron chi connectivity index (χ2n) is 11.0. The topological polar surface area (TPSA) is 69.7 Å². The molecular formula is C29H32O5S. The fourth-order valence-electron chi connectivity index (χ4n) is 8.38. The monoisotopic (exact) mass is 492 g/mol. The van der Waals surface area contributed by atoms with Gasteiger partial charge in [-0.05, 0) is 79.0 Å².